The minimum atomic E-state index is 0.960. The first-order valence-corrected chi connectivity index (χ1v) is 7.02. The van der Waals surface area contributed by atoms with Gasteiger partial charge in [0, 0.05) is 0 Å². The van der Waals surface area contributed by atoms with Crippen molar-refractivity contribution < 1.29 is 0 Å². The molecule has 3 saturated carbocycles. The van der Waals surface area contributed by atoms with Crippen molar-refractivity contribution in [3.63, 3.8) is 0 Å². The van der Waals surface area contributed by atoms with E-state index in [0.717, 1.165) is 35.5 Å². The lowest BCUT2D eigenvalue weighted by Gasteiger charge is -2.35. The summed E-state index contributed by atoms with van der Waals surface area (Å²) in [6.45, 7) is 0. The second-order valence-corrected chi connectivity index (χ2v) is 6.57. The molecule has 6 atom stereocenters. The van der Waals surface area contributed by atoms with Crippen LogP contribution in [0.25, 0.3) is 0 Å². The van der Waals surface area contributed by atoms with Crippen molar-refractivity contribution in [1.82, 2.24) is 0 Å². The van der Waals surface area contributed by atoms with Crippen LogP contribution in [-0.4, -0.2) is 0 Å². The Kier molecular flexibility index (Phi) is 1.33. The van der Waals surface area contributed by atoms with Gasteiger partial charge in [-0.1, -0.05) is 24.3 Å². The van der Waals surface area contributed by atoms with Crippen molar-refractivity contribution >= 4 is 0 Å². The lowest BCUT2D eigenvalue weighted by Crippen LogP contribution is -2.27. The monoisotopic (exact) mass is 210 g/mol. The van der Waals surface area contributed by atoms with E-state index in [1.165, 1.54) is 6.42 Å². The highest BCUT2D eigenvalue weighted by atomic mass is 14.6. The third-order valence-electron chi connectivity index (χ3n) is 6.28. The molecule has 82 valence electrons. The highest BCUT2D eigenvalue weighted by molar-refractivity contribution is 5.44. The molecule has 4 aliphatic carbocycles. The summed E-state index contributed by atoms with van der Waals surface area (Å²) in [6, 6.07) is 9.34. The Labute approximate surface area is 97.1 Å². The summed E-state index contributed by atoms with van der Waals surface area (Å²) < 4.78 is 0. The smallest absolute Gasteiger partial charge is 0.0119 e. The highest BCUT2D eigenvalue weighted by Gasteiger charge is 2.61. The quantitative estimate of drug-likeness (QED) is 0.569. The first kappa shape index (κ1) is 8.33. The van der Waals surface area contributed by atoms with Gasteiger partial charge in [-0.15, -0.1) is 0 Å². The molecule has 16 heavy (non-hydrogen) atoms. The molecule has 4 aliphatic rings. The Morgan fingerprint density at radius 2 is 1.31 bits per heavy atom. The van der Waals surface area contributed by atoms with E-state index in [0.29, 0.717) is 0 Å². The largest absolute Gasteiger partial charge is 0.0620 e. The summed E-state index contributed by atoms with van der Waals surface area (Å²) >= 11 is 0. The molecular formula is C16H18. The molecule has 1 aromatic carbocycles. The summed E-state index contributed by atoms with van der Waals surface area (Å²) in [6.07, 6.45) is 6.19. The van der Waals surface area contributed by atoms with Gasteiger partial charge in [-0.3, -0.25) is 0 Å². The molecule has 0 heteroatoms. The van der Waals surface area contributed by atoms with Crippen molar-refractivity contribution in [2.45, 2.75) is 37.5 Å². The van der Waals surface area contributed by atoms with Crippen LogP contribution in [0.5, 0.6) is 0 Å². The summed E-state index contributed by atoms with van der Waals surface area (Å²) in [5, 5.41) is 0. The fraction of sp³-hybridized carbons (Fsp3) is 0.625. The van der Waals surface area contributed by atoms with Crippen LogP contribution in [0.4, 0.5) is 0 Å². The normalized spacial score (nSPS) is 50.8. The number of rotatable bonds is 0. The van der Waals surface area contributed by atoms with Gasteiger partial charge in [-0.2, -0.15) is 0 Å². The van der Waals surface area contributed by atoms with Gasteiger partial charge >= 0.3 is 0 Å². The molecule has 1 aromatic rings. The maximum atomic E-state index is 2.42. The minimum absolute atomic E-state index is 0.960. The van der Waals surface area contributed by atoms with Gasteiger partial charge in [0.25, 0.3) is 0 Å². The molecule has 0 amide bonds. The van der Waals surface area contributed by atoms with E-state index < -0.39 is 0 Å². The SMILES string of the molecule is c1ccc2c(c1)[C@H]1C[C@@H]2[C@H]2[C@H]3CC[C@H](C3)[C@H]21. The molecule has 0 aliphatic heterocycles. The van der Waals surface area contributed by atoms with Crippen LogP contribution < -0.4 is 0 Å². The van der Waals surface area contributed by atoms with Crippen LogP contribution >= 0.6 is 0 Å². The van der Waals surface area contributed by atoms with Gasteiger partial charge in [-0.05, 0) is 72.3 Å². The first-order chi connectivity index (χ1) is 7.93. The number of fused-ring (bicyclic) bond motifs is 12. The molecule has 0 spiro atoms. The molecule has 0 radical (unpaired) electrons. The third-order valence-corrected chi connectivity index (χ3v) is 6.28. The predicted octanol–water partition coefficient (Wildman–Crippen LogP) is 3.93. The number of hydrogen-bond acceptors (Lipinski definition) is 0. The van der Waals surface area contributed by atoms with Gasteiger partial charge in [0.05, 0.1) is 0 Å². The number of hydrogen-bond donors (Lipinski definition) is 0. The summed E-state index contributed by atoms with van der Waals surface area (Å²) in [7, 11) is 0. The Balaban J connectivity index is 1.71. The zero-order chi connectivity index (χ0) is 10.3. The first-order valence-electron chi connectivity index (χ1n) is 7.02. The Bertz CT molecular complexity index is 420. The van der Waals surface area contributed by atoms with E-state index in [1.807, 2.05) is 0 Å². The molecule has 0 saturated heterocycles. The summed E-state index contributed by atoms with van der Waals surface area (Å²) in [5.74, 6) is 6.33. The predicted molar refractivity (Wildman–Crippen MR) is 64.4 cm³/mol. The maximum Gasteiger partial charge on any atom is -0.0119 e. The molecule has 4 bridgehead atoms. The minimum Gasteiger partial charge on any atom is -0.0620 e. The number of benzene rings is 1. The molecule has 0 aromatic heterocycles. The lowest BCUT2D eigenvalue weighted by atomic mass is 9.69. The second-order valence-electron chi connectivity index (χ2n) is 6.57. The molecule has 0 heterocycles. The van der Waals surface area contributed by atoms with Crippen molar-refractivity contribution in [2.75, 3.05) is 0 Å². The van der Waals surface area contributed by atoms with Gasteiger partial charge < -0.3 is 0 Å². The standard InChI is InChI=1S/C16H18/c1-2-4-12-11(3-1)13-8-14(12)16-10-6-5-9(7-10)15(13)16/h1-4,9-10,13-16H,5-8H2/t9-,10+,13-,14+,15+,16-. The average Bonchev–Trinajstić information content (AvgIpc) is 3.07. The van der Waals surface area contributed by atoms with Crippen molar-refractivity contribution in [1.29, 1.82) is 0 Å². The van der Waals surface area contributed by atoms with Crippen molar-refractivity contribution in [2.24, 2.45) is 23.7 Å². The summed E-state index contributed by atoms with van der Waals surface area (Å²) in [5.41, 5.74) is 3.47. The second kappa shape index (κ2) is 2.55. The third kappa shape index (κ3) is 0.752. The van der Waals surface area contributed by atoms with Crippen molar-refractivity contribution in [3.8, 4) is 0 Å². The average molecular weight is 210 g/mol. The van der Waals surface area contributed by atoms with E-state index in [2.05, 4.69) is 24.3 Å². The van der Waals surface area contributed by atoms with E-state index in [4.69, 9.17) is 0 Å². The van der Waals surface area contributed by atoms with Crippen LogP contribution in [0.3, 0.4) is 0 Å². The lowest BCUT2D eigenvalue weighted by molar-refractivity contribution is 0.218. The van der Waals surface area contributed by atoms with Crippen LogP contribution in [0.15, 0.2) is 24.3 Å². The topological polar surface area (TPSA) is 0 Å². The van der Waals surface area contributed by atoms with Crippen LogP contribution in [0.2, 0.25) is 0 Å². The summed E-state index contributed by atoms with van der Waals surface area (Å²) in [4.78, 5) is 0. The fourth-order valence-corrected chi connectivity index (χ4v) is 6.02. The molecule has 3 fully saturated rings. The van der Waals surface area contributed by atoms with E-state index in [-0.39, 0.29) is 0 Å². The Hall–Kier alpha value is -0.780. The Morgan fingerprint density at radius 3 is 1.88 bits per heavy atom. The van der Waals surface area contributed by atoms with Gasteiger partial charge in [0.15, 0.2) is 0 Å². The Morgan fingerprint density at radius 1 is 0.750 bits per heavy atom. The van der Waals surface area contributed by atoms with E-state index in [1.54, 1.807) is 30.4 Å². The fourth-order valence-electron chi connectivity index (χ4n) is 6.02. The van der Waals surface area contributed by atoms with E-state index >= 15 is 0 Å². The highest BCUT2D eigenvalue weighted by Crippen LogP contribution is 2.71. The van der Waals surface area contributed by atoms with Crippen LogP contribution in [0.1, 0.15) is 48.6 Å². The molecule has 0 unspecified atom stereocenters. The van der Waals surface area contributed by atoms with Gasteiger partial charge in [0.1, 0.15) is 0 Å². The molecular weight excluding hydrogens is 192 g/mol. The molecule has 0 N–H and O–H groups in total. The molecule has 0 nitrogen and oxygen atoms in total. The molecule has 5 rings (SSSR count). The maximum absolute atomic E-state index is 2.42. The zero-order valence-electron chi connectivity index (χ0n) is 9.60. The van der Waals surface area contributed by atoms with Crippen LogP contribution in [0, 0.1) is 23.7 Å². The van der Waals surface area contributed by atoms with E-state index in [9.17, 15) is 0 Å². The van der Waals surface area contributed by atoms with Gasteiger partial charge in [0.2, 0.25) is 0 Å². The van der Waals surface area contributed by atoms with Crippen LogP contribution in [-0.2, 0) is 0 Å². The zero-order valence-corrected chi connectivity index (χ0v) is 9.60. The van der Waals surface area contributed by atoms with Gasteiger partial charge in [-0.25, -0.2) is 0 Å². The van der Waals surface area contributed by atoms with Crippen molar-refractivity contribution in [3.05, 3.63) is 35.4 Å².